The van der Waals surface area contributed by atoms with Crippen LogP contribution >= 0.6 is 26.1 Å². The van der Waals surface area contributed by atoms with Crippen molar-refractivity contribution in [3.8, 4) is 23.3 Å². The summed E-state index contributed by atoms with van der Waals surface area (Å²) in [5.74, 6) is -1.42. The Morgan fingerprint density at radius 2 is 1.39 bits per heavy atom. The molecule has 2 fully saturated rings. The first-order chi connectivity index (χ1) is 50.1. The van der Waals surface area contributed by atoms with Gasteiger partial charge in [-0.2, -0.15) is 10.2 Å². The second kappa shape index (κ2) is 32.7. The summed E-state index contributed by atoms with van der Waals surface area (Å²) in [4.78, 5) is 90.6. The van der Waals surface area contributed by atoms with E-state index in [0.717, 1.165) is 0 Å². The third kappa shape index (κ3) is 17.3. The lowest BCUT2D eigenvalue weighted by Gasteiger charge is -2.40. The van der Waals surface area contributed by atoms with Crippen molar-refractivity contribution in [1.29, 1.82) is 5.26 Å². The van der Waals surface area contributed by atoms with Crippen molar-refractivity contribution in [1.82, 2.24) is 39.0 Å². The minimum absolute atomic E-state index is 0.0395. The number of imidazole rings is 2. The predicted molar refractivity (Wildman–Crippen MR) is 396 cm³/mol. The second-order valence-electron chi connectivity index (χ2n) is 26.9. The van der Waals surface area contributed by atoms with Crippen LogP contribution in [-0.4, -0.2) is 134 Å². The number of H-pyrrole nitrogens is 1. The van der Waals surface area contributed by atoms with Crippen molar-refractivity contribution in [3.63, 3.8) is 0 Å². The number of Topliss-reactive ketones (excluding diaryl/α,β-unsaturated/α-hetero) is 1. The molecule has 105 heavy (non-hydrogen) atoms. The molecular weight excluding hydrogens is 1450 g/mol. The largest absolute Gasteiger partial charge is 0.527 e. The Labute approximate surface area is 617 Å². The van der Waals surface area contributed by atoms with Crippen molar-refractivity contribution in [2.24, 2.45) is 11.8 Å². The van der Waals surface area contributed by atoms with E-state index in [0.29, 0.717) is 39.3 Å². The van der Waals surface area contributed by atoms with Gasteiger partial charge in [0.25, 0.3) is 11.5 Å². The van der Waals surface area contributed by atoms with Gasteiger partial charge in [-0.1, -0.05) is 139 Å². The Hall–Kier alpha value is -8.47. The molecule has 4 N–H and O–H groups in total. The van der Waals surface area contributed by atoms with Gasteiger partial charge in [-0.25, -0.2) is 24.5 Å². The number of aromatic nitrogens is 8. The standard InChI is InChI=1S/C72H82ClN11O17P2SSi/c1-12-50(85)36-45-24-33-54(53(73)37-45)98-102(89,90)99-60-56(97-69(61(60)101-105(10,11)71(5,6)7)83-41-77-57-62(75-40-76-63(57)83)79-66(87)46-20-15-13-16-21-46)39-95-103(104,94-35-19-34-74)100-59-44(4)68(84-42-78-58-64(84)80-70(82-67(58)88)81-65(86)43(2)3)96-55(59)38-93-72(47-22-17-14-18-23-47,48-25-29-51(91-8)30-26-48)49-27-31-52(92-9)32-28-49/h13-18,20-33,37,40-44,55-56,59-61,68-69H,12,19,35-36,38-39H2,1-11H3,(H,89,90)(H,75,76,79,87)(H2,80,81,82,86,88)/t44-,55-,56+,59+,60+,61+,68-,69+,103?/m1/s1. The number of hydrogen-bond acceptors (Lipinski definition) is 23. The molecule has 2 aliphatic rings. The molecule has 0 saturated carbocycles. The zero-order chi connectivity index (χ0) is 75.2. The van der Waals surface area contributed by atoms with E-state index >= 15 is 0 Å². The number of amides is 2. The van der Waals surface area contributed by atoms with Gasteiger partial charge in [0, 0.05) is 30.2 Å². The molecule has 0 spiro atoms. The molecule has 554 valence electrons. The van der Waals surface area contributed by atoms with Crippen molar-refractivity contribution in [2.75, 3.05) is 44.7 Å². The molecule has 6 heterocycles. The minimum Gasteiger partial charge on any atom is -0.497 e. The zero-order valence-electron chi connectivity index (χ0n) is 59.5. The first-order valence-electron chi connectivity index (χ1n) is 33.8. The van der Waals surface area contributed by atoms with Crippen LogP contribution in [0.2, 0.25) is 23.2 Å². The number of carbonyl (C=O) groups excluding carboxylic acids is 3. The van der Waals surface area contributed by atoms with Crippen LogP contribution in [-0.2, 0) is 74.7 Å². The first kappa shape index (κ1) is 77.6. The van der Waals surface area contributed by atoms with Crippen LogP contribution < -0.4 is 30.2 Å². The number of anilines is 2. The van der Waals surface area contributed by atoms with E-state index in [1.54, 1.807) is 82.9 Å². The number of nitrogens with zero attached hydrogens (tertiary/aromatic N) is 8. The van der Waals surface area contributed by atoms with Crippen LogP contribution in [0.1, 0.15) is 106 Å². The Balaban J connectivity index is 1.01. The van der Waals surface area contributed by atoms with Gasteiger partial charge < -0.3 is 51.5 Å². The highest BCUT2D eigenvalue weighted by molar-refractivity contribution is 8.07. The molecule has 28 nitrogen and oxygen atoms in total. The fraction of sp³-hybridized carbons (Fsp3) is 0.389. The van der Waals surface area contributed by atoms with Crippen LogP contribution in [0, 0.1) is 23.2 Å². The number of nitriles is 1. The van der Waals surface area contributed by atoms with E-state index in [1.165, 1.54) is 35.7 Å². The maximum absolute atomic E-state index is 15.0. The Morgan fingerprint density at radius 1 is 0.781 bits per heavy atom. The lowest BCUT2D eigenvalue weighted by Crippen LogP contribution is -2.49. The minimum atomic E-state index is -5.38. The number of methoxy groups -OCH3 is 2. The number of nitrogens with one attached hydrogen (secondary N) is 3. The molecule has 33 heteroatoms. The van der Waals surface area contributed by atoms with E-state index in [2.05, 4.69) is 46.6 Å². The normalized spacial score (nSPS) is 20.3. The number of carbonyl (C=O) groups is 3. The number of hydrogen-bond donors (Lipinski definition) is 4. The Bertz CT molecular complexity index is 4750. The molecular formula is C72H82ClN11O17P2SSi. The number of phosphoric ester groups is 1. The van der Waals surface area contributed by atoms with Crippen molar-refractivity contribution < 1.29 is 74.6 Å². The molecule has 4 aromatic heterocycles. The average Bonchev–Trinajstić information content (AvgIpc) is 1.72. The van der Waals surface area contributed by atoms with Gasteiger partial charge in [-0.05, 0) is 101 Å². The summed E-state index contributed by atoms with van der Waals surface area (Å²) in [6, 6.07) is 39.4. The Morgan fingerprint density at radius 3 is 2.00 bits per heavy atom. The molecule has 0 aliphatic carbocycles. The van der Waals surface area contributed by atoms with E-state index in [1.807, 2.05) is 113 Å². The fourth-order valence-corrected chi connectivity index (χ4v) is 16.7. The highest BCUT2D eigenvalue weighted by Crippen LogP contribution is 2.58. The summed E-state index contributed by atoms with van der Waals surface area (Å²) in [7, 11) is -5.30. The summed E-state index contributed by atoms with van der Waals surface area (Å²) in [5, 5.41) is 15.0. The lowest BCUT2D eigenvalue weighted by atomic mass is 9.80. The van der Waals surface area contributed by atoms with Crippen LogP contribution in [0.5, 0.6) is 17.2 Å². The topological polar surface area (TPSA) is 345 Å². The number of ether oxygens (including phenoxy) is 5. The molecule has 10 atom stereocenters. The van der Waals surface area contributed by atoms with E-state index < -0.39 is 112 Å². The molecule has 11 rings (SSSR count). The molecule has 0 radical (unpaired) electrons. The van der Waals surface area contributed by atoms with Crippen LogP contribution in [0.3, 0.4) is 0 Å². The number of aromatic amines is 1. The van der Waals surface area contributed by atoms with Crippen LogP contribution in [0.25, 0.3) is 22.3 Å². The third-order valence-electron chi connectivity index (χ3n) is 18.6. The quantitative estimate of drug-likeness (QED) is 0.0136. The van der Waals surface area contributed by atoms with Gasteiger partial charge in [-0.3, -0.25) is 48.0 Å². The summed E-state index contributed by atoms with van der Waals surface area (Å²) in [6.45, 7) is 11.2. The van der Waals surface area contributed by atoms with Crippen molar-refractivity contribution in [2.45, 2.75) is 134 Å². The number of halogens is 1. The highest BCUT2D eigenvalue weighted by atomic mass is 35.5. The van der Waals surface area contributed by atoms with Gasteiger partial charge >= 0.3 is 14.5 Å². The number of benzene rings is 5. The number of ketones is 1. The van der Waals surface area contributed by atoms with Gasteiger partial charge in [0.2, 0.25) is 11.9 Å². The monoisotopic (exact) mass is 1530 g/mol. The molecule has 2 amide bonds. The summed E-state index contributed by atoms with van der Waals surface area (Å²) in [6.07, 6.45) is -5.11. The van der Waals surface area contributed by atoms with Crippen molar-refractivity contribution in [3.05, 3.63) is 190 Å². The highest BCUT2D eigenvalue weighted by Gasteiger charge is 2.56. The summed E-state index contributed by atoms with van der Waals surface area (Å²) >= 11 is 13.2. The zero-order valence-corrected chi connectivity index (χ0v) is 63.9. The molecule has 5 aromatic carbocycles. The average molecular weight is 1530 g/mol. The fourth-order valence-electron chi connectivity index (χ4n) is 11.9. The van der Waals surface area contributed by atoms with Gasteiger partial charge in [0.05, 0.1) is 64.2 Å². The maximum Gasteiger partial charge on any atom is 0.527 e. The molecule has 2 unspecified atom stereocenters. The third-order valence-corrected chi connectivity index (χ3v) is 26.6. The summed E-state index contributed by atoms with van der Waals surface area (Å²) < 4.78 is 91.1. The smallest absolute Gasteiger partial charge is 0.497 e. The van der Waals surface area contributed by atoms with Crippen LogP contribution in [0.4, 0.5) is 11.8 Å². The van der Waals surface area contributed by atoms with Gasteiger partial charge in [-0.15, -0.1) is 0 Å². The van der Waals surface area contributed by atoms with Gasteiger partial charge in [0.15, 0.2) is 42.7 Å². The molecule has 2 saturated heterocycles. The van der Waals surface area contributed by atoms with E-state index in [-0.39, 0.29) is 83.1 Å². The SMILES string of the molecule is CCC(=O)Cc1ccc(OP(=O)(O)O[C@@H]2[C@H](O[Si](C)(C)C(C)(C)C)[C@@H](n3cnc4c(NC(=O)c5ccccc5)ncnc43)O[C@H]2COP(=S)(OCCC#N)O[C@H]2[C@@H](C)[C@H](n3cnc4c(=O)[nH]c(NC(=O)C(C)C)nc43)O[C@@H]2COC(c2ccccc2)(c2ccc(OC)cc2)c2ccc(OC)cc2)c(Cl)c1. The number of phosphoric acid groups is 1. The Kier molecular flexibility index (Phi) is 24.2. The lowest BCUT2D eigenvalue weighted by molar-refractivity contribution is -0.119. The number of rotatable bonds is 31. The summed E-state index contributed by atoms with van der Waals surface area (Å²) in [5.41, 5.74) is 1.13. The van der Waals surface area contributed by atoms with E-state index in [4.69, 9.17) is 74.1 Å². The molecule has 9 aromatic rings. The van der Waals surface area contributed by atoms with E-state index in [9.17, 15) is 33.9 Å². The molecule has 0 bridgehead atoms. The van der Waals surface area contributed by atoms with Crippen molar-refractivity contribution >= 4 is 98.0 Å². The number of fused-ring (bicyclic) bond motifs is 2. The maximum atomic E-state index is 15.0. The predicted octanol–water partition coefficient (Wildman–Crippen LogP) is 12.9. The second-order valence-corrected chi connectivity index (χ2v) is 36.4. The molecule has 2 aliphatic heterocycles. The first-order valence-corrected chi connectivity index (χ1v) is 41.2. The van der Waals surface area contributed by atoms with Crippen LogP contribution in [0.15, 0.2) is 151 Å². The van der Waals surface area contributed by atoms with Gasteiger partial charge in [0.1, 0.15) is 71.7 Å².